The van der Waals surface area contributed by atoms with Gasteiger partial charge in [0.2, 0.25) is 11.8 Å². The highest BCUT2D eigenvalue weighted by atomic mass is 79.9. The standard InChI is InChI=1S/C32H31BrFN3O4S/c1-23-15-17-27(18-16-23)42(40,41)37(29-14-7-6-13-28(29)34)22-31(38)36(21-25-11-8-12-26(33)19-25)30(32(39)35-2)20-24-9-4-3-5-10-24/h3-19,30H,20-22H2,1-2H3,(H,35,39). The highest BCUT2D eigenvalue weighted by molar-refractivity contribution is 9.10. The zero-order chi connectivity index (χ0) is 30.3. The van der Waals surface area contributed by atoms with Crippen LogP contribution in [-0.4, -0.2) is 44.8 Å². The summed E-state index contributed by atoms with van der Waals surface area (Å²) < 4.78 is 44.5. The molecule has 2 amide bonds. The van der Waals surface area contributed by atoms with Gasteiger partial charge in [-0.25, -0.2) is 12.8 Å². The van der Waals surface area contributed by atoms with E-state index in [0.717, 1.165) is 31.5 Å². The van der Waals surface area contributed by atoms with Crippen molar-refractivity contribution < 1.29 is 22.4 Å². The Kier molecular flexibility index (Phi) is 10.1. The van der Waals surface area contributed by atoms with E-state index in [0.29, 0.717) is 0 Å². The number of hydrogen-bond acceptors (Lipinski definition) is 4. The number of aryl methyl sites for hydroxylation is 1. The van der Waals surface area contributed by atoms with Crippen molar-refractivity contribution in [1.29, 1.82) is 0 Å². The van der Waals surface area contributed by atoms with E-state index in [2.05, 4.69) is 21.2 Å². The van der Waals surface area contributed by atoms with Gasteiger partial charge in [0.15, 0.2) is 0 Å². The van der Waals surface area contributed by atoms with Gasteiger partial charge in [-0.1, -0.05) is 88.2 Å². The first-order valence-corrected chi connectivity index (χ1v) is 15.5. The minimum Gasteiger partial charge on any atom is -0.357 e. The molecule has 0 bridgehead atoms. The van der Waals surface area contributed by atoms with E-state index in [-0.39, 0.29) is 23.5 Å². The number of nitrogens with zero attached hydrogens (tertiary/aromatic N) is 2. The third-order valence-electron chi connectivity index (χ3n) is 6.77. The highest BCUT2D eigenvalue weighted by Crippen LogP contribution is 2.27. The molecule has 0 aliphatic rings. The van der Waals surface area contributed by atoms with E-state index in [1.165, 1.54) is 42.3 Å². The molecular weight excluding hydrogens is 621 g/mol. The Morgan fingerprint density at radius 2 is 1.52 bits per heavy atom. The molecule has 0 spiro atoms. The van der Waals surface area contributed by atoms with Crippen LogP contribution >= 0.6 is 15.9 Å². The van der Waals surface area contributed by atoms with Crippen LogP contribution in [0.4, 0.5) is 10.1 Å². The van der Waals surface area contributed by atoms with Crippen molar-refractivity contribution in [3.8, 4) is 0 Å². The van der Waals surface area contributed by atoms with Gasteiger partial charge in [0.25, 0.3) is 10.0 Å². The van der Waals surface area contributed by atoms with E-state index in [1.54, 1.807) is 12.1 Å². The first-order valence-electron chi connectivity index (χ1n) is 13.2. The Balaban J connectivity index is 1.80. The van der Waals surface area contributed by atoms with Gasteiger partial charge in [-0.3, -0.25) is 13.9 Å². The van der Waals surface area contributed by atoms with Gasteiger partial charge in [0.05, 0.1) is 10.6 Å². The predicted molar refractivity (Wildman–Crippen MR) is 165 cm³/mol. The maximum Gasteiger partial charge on any atom is 0.264 e. The summed E-state index contributed by atoms with van der Waals surface area (Å²) in [7, 11) is -2.89. The van der Waals surface area contributed by atoms with E-state index < -0.39 is 40.2 Å². The second kappa shape index (κ2) is 13.8. The van der Waals surface area contributed by atoms with Gasteiger partial charge >= 0.3 is 0 Å². The first-order chi connectivity index (χ1) is 20.1. The lowest BCUT2D eigenvalue weighted by molar-refractivity contribution is -0.139. The van der Waals surface area contributed by atoms with Crippen LogP contribution in [0.2, 0.25) is 0 Å². The molecule has 218 valence electrons. The van der Waals surface area contributed by atoms with E-state index in [1.807, 2.05) is 61.5 Å². The molecule has 4 aromatic carbocycles. The van der Waals surface area contributed by atoms with Gasteiger partial charge < -0.3 is 10.2 Å². The van der Waals surface area contributed by atoms with Crippen molar-refractivity contribution in [3.63, 3.8) is 0 Å². The van der Waals surface area contributed by atoms with E-state index >= 15 is 4.39 Å². The molecule has 0 aliphatic heterocycles. The highest BCUT2D eigenvalue weighted by Gasteiger charge is 2.35. The van der Waals surface area contributed by atoms with E-state index in [4.69, 9.17) is 0 Å². The molecule has 0 aliphatic carbocycles. The predicted octanol–water partition coefficient (Wildman–Crippen LogP) is 5.48. The number of likely N-dealkylation sites (N-methyl/N-ethyl adjacent to an activating group) is 1. The first kappa shape index (κ1) is 30.9. The quantitative estimate of drug-likeness (QED) is 0.233. The third kappa shape index (κ3) is 7.43. The molecule has 0 fully saturated rings. The smallest absolute Gasteiger partial charge is 0.264 e. The van der Waals surface area contributed by atoms with Gasteiger partial charge in [0.1, 0.15) is 18.4 Å². The Morgan fingerprint density at radius 1 is 0.881 bits per heavy atom. The Hall–Kier alpha value is -4.02. The second-order valence-corrected chi connectivity index (χ2v) is 12.5. The molecule has 0 radical (unpaired) electrons. The molecule has 4 aromatic rings. The minimum atomic E-state index is -4.37. The Morgan fingerprint density at radius 3 is 2.17 bits per heavy atom. The summed E-state index contributed by atoms with van der Waals surface area (Å²) in [6, 6.07) is 27.0. The number of hydrogen-bond donors (Lipinski definition) is 1. The fraction of sp³-hybridized carbons (Fsp3) is 0.188. The monoisotopic (exact) mass is 651 g/mol. The molecule has 0 saturated heterocycles. The molecule has 0 heterocycles. The number of halogens is 2. The van der Waals surface area contributed by atoms with Crippen LogP contribution in [0.25, 0.3) is 0 Å². The van der Waals surface area contributed by atoms with Crippen LogP contribution < -0.4 is 9.62 Å². The van der Waals surface area contributed by atoms with Gasteiger partial charge in [-0.2, -0.15) is 0 Å². The average Bonchev–Trinajstić information content (AvgIpc) is 2.98. The zero-order valence-corrected chi connectivity index (χ0v) is 25.6. The maximum absolute atomic E-state index is 15.1. The normalized spacial score (nSPS) is 11.9. The lowest BCUT2D eigenvalue weighted by atomic mass is 10.0. The summed E-state index contributed by atoms with van der Waals surface area (Å²) in [4.78, 5) is 28.8. The van der Waals surface area contributed by atoms with Crippen LogP contribution in [0.1, 0.15) is 16.7 Å². The number of carbonyl (C=O) groups is 2. The van der Waals surface area contributed by atoms with Crippen molar-refractivity contribution in [2.24, 2.45) is 0 Å². The van der Waals surface area contributed by atoms with Gasteiger partial charge in [0, 0.05) is 24.5 Å². The number of amides is 2. The summed E-state index contributed by atoms with van der Waals surface area (Å²) in [6.07, 6.45) is 0.185. The largest absolute Gasteiger partial charge is 0.357 e. The molecule has 1 atom stereocenters. The molecule has 7 nitrogen and oxygen atoms in total. The number of rotatable bonds is 11. The topological polar surface area (TPSA) is 86.8 Å². The van der Waals surface area contributed by atoms with Crippen molar-refractivity contribution >= 4 is 43.5 Å². The number of para-hydroxylation sites is 1. The number of sulfonamides is 1. The lowest BCUT2D eigenvalue weighted by Crippen LogP contribution is -2.53. The second-order valence-electron chi connectivity index (χ2n) is 9.75. The number of carbonyl (C=O) groups excluding carboxylic acids is 2. The molecular formula is C32H31BrFN3O4S. The summed E-state index contributed by atoms with van der Waals surface area (Å²) in [5, 5.41) is 2.64. The van der Waals surface area contributed by atoms with Crippen molar-refractivity contribution in [2.75, 3.05) is 17.9 Å². The van der Waals surface area contributed by atoms with Crippen LogP contribution in [0.3, 0.4) is 0 Å². The molecule has 1 N–H and O–H groups in total. The molecule has 1 unspecified atom stereocenters. The summed E-state index contributed by atoms with van der Waals surface area (Å²) in [5.41, 5.74) is 2.11. The summed E-state index contributed by atoms with van der Waals surface area (Å²) >= 11 is 3.45. The number of benzene rings is 4. The van der Waals surface area contributed by atoms with E-state index in [9.17, 15) is 18.0 Å². The minimum absolute atomic E-state index is 0.0128. The molecule has 0 saturated carbocycles. The van der Waals surface area contributed by atoms with Crippen molar-refractivity contribution in [3.05, 3.63) is 130 Å². The Labute approximate surface area is 254 Å². The summed E-state index contributed by atoms with van der Waals surface area (Å²) in [6.45, 7) is 1.10. The molecule has 42 heavy (non-hydrogen) atoms. The molecule has 4 rings (SSSR count). The van der Waals surface area contributed by atoms with Crippen LogP contribution in [0.5, 0.6) is 0 Å². The van der Waals surface area contributed by atoms with Crippen molar-refractivity contribution in [1.82, 2.24) is 10.2 Å². The number of anilines is 1. The fourth-order valence-corrected chi connectivity index (χ4v) is 6.43. The van der Waals surface area contributed by atoms with Gasteiger partial charge in [-0.05, 0) is 54.4 Å². The van der Waals surface area contributed by atoms with Crippen LogP contribution in [0, 0.1) is 12.7 Å². The Bertz CT molecular complexity index is 1650. The molecule has 10 heteroatoms. The van der Waals surface area contributed by atoms with Crippen LogP contribution in [0.15, 0.2) is 112 Å². The average molecular weight is 653 g/mol. The zero-order valence-electron chi connectivity index (χ0n) is 23.2. The summed E-state index contributed by atoms with van der Waals surface area (Å²) in [5.74, 6) is -1.88. The van der Waals surface area contributed by atoms with Crippen LogP contribution in [-0.2, 0) is 32.6 Å². The number of nitrogens with one attached hydrogen (secondary N) is 1. The maximum atomic E-state index is 15.1. The SMILES string of the molecule is CNC(=O)C(Cc1ccccc1)N(Cc1cccc(Br)c1)C(=O)CN(c1ccccc1F)S(=O)(=O)c1ccc(C)cc1. The van der Waals surface area contributed by atoms with Gasteiger partial charge in [-0.15, -0.1) is 0 Å². The third-order valence-corrected chi connectivity index (χ3v) is 9.04. The molecule has 0 aromatic heterocycles. The lowest BCUT2D eigenvalue weighted by Gasteiger charge is -2.33. The fourth-order valence-electron chi connectivity index (χ4n) is 4.56. The van der Waals surface area contributed by atoms with Crippen molar-refractivity contribution in [2.45, 2.75) is 30.8 Å².